The van der Waals surface area contributed by atoms with Crippen LogP contribution in [0, 0.1) is 6.92 Å². The minimum atomic E-state index is 0.598. The number of quaternary nitrogens is 1. The van der Waals surface area contributed by atoms with Gasteiger partial charge < -0.3 is 9.42 Å². The van der Waals surface area contributed by atoms with E-state index < -0.39 is 0 Å². The first-order valence-corrected chi connectivity index (χ1v) is 7.94. The molecule has 3 rings (SSSR count). The summed E-state index contributed by atoms with van der Waals surface area (Å²) < 4.78 is 5.37. The highest BCUT2D eigenvalue weighted by Gasteiger charge is 2.14. The highest BCUT2D eigenvalue weighted by atomic mass is 35.5. The van der Waals surface area contributed by atoms with Gasteiger partial charge in [0, 0.05) is 16.1 Å². The quantitative estimate of drug-likeness (QED) is 0.783. The van der Waals surface area contributed by atoms with Gasteiger partial charge in [0.2, 0.25) is 5.82 Å². The normalized spacial score (nSPS) is 12.3. The van der Waals surface area contributed by atoms with Crippen molar-refractivity contribution in [3.05, 3.63) is 70.6 Å². The zero-order chi connectivity index (χ0) is 16.2. The van der Waals surface area contributed by atoms with Crippen molar-refractivity contribution in [1.82, 2.24) is 10.1 Å². The number of hydrogen-bond donors (Lipinski definition) is 1. The first kappa shape index (κ1) is 15.7. The number of benzene rings is 2. The Hall–Kier alpha value is -2.17. The van der Waals surface area contributed by atoms with Crippen LogP contribution in [0.25, 0.3) is 11.4 Å². The van der Waals surface area contributed by atoms with Gasteiger partial charge in [-0.15, -0.1) is 0 Å². The fraction of sp³-hybridized carbons (Fsp3) is 0.222. The van der Waals surface area contributed by atoms with Gasteiger partial charge in [0.1, 0.15) is 6.54 Å². The predicted octanol–water partition coefficient (Wildman–Crippen LogP) is 2.91. The van der Waals surface area contributed by atoms with E-state index in [1.807, 2.05) is 24.3 Å². The van der Waals surface area contributed by atoms with Crippen LogP contribution in [0.5, 0.6) is 0 Å². The maximum absolute atomic E-state index is 5.90. The van der Waals surface area contributed by atoms with E-state index in [4.69, 9.17) is 16.1 Å². The molecule has 4 nitrogen and oxygen atoms in total. The molecule has 2 aromatic carbocycles. The topological polar surface area (TPSA) is 43.4 Å². The molecule has 0 radical (unpaired) electrons. The van der Waals surface area contributed by atoms with E-state index in [-0.39, 0.29) is 0 Å². The van der Waals surface area contributed by atoms with E-state index in [9.17, 15) is 0 Å². The lowest BCUT2D eigenvalue weighted by Gasteiger charge is -2.13. The van der Waals surface area contributed by atoms with Crippen molar-refractivity contribution in [2.45, 2.75) is 20.0 Å². The average Bonchev–Trinajstić information content (AvgIpc) is 2.98. The fourth-order valence-corrected chi connectivity index (χ4v) is 2.62. The minimum Gasteiger partial charge on any atom is -0.333 e. The molecule has 0 bridgehead atoms. The maximum Gasteiger partial charge on any atom is 0.282 e. The van der Waals surface area contributed by atoms with Crippen molar-refractivity contribution in [3.63, 3.8) is 0 Å². The summed E-state index contributed by atoms with van der Waals surface area (Å²) in [7, 11) is 2.12. The Morgan fingerprint density at radius 1 is 1.04 bits per heavy atom. The molecule has 0 saturated heterocycles. The Morgan fingerprint density at radius 3 is 2.52 bits per heavy atom. The molecule has 1 N–H and O–H groups in total. The van der Waals surface area contributed by atoms with Crippen LogP contribution < -0.4 is 4.90 Å². The van der Waals surface area contributed by atoms with E-state index in [0.29, 0.717) is 23.3 Å². The third-order valence-electron chi connectivity index (χ3n) is 3.78. The Kier molecular flexibility index (Phi) is 4.74. The molecule has 1 atom stereocenters. The molecule has 0 spiro atoms. The van der Waals surface area contributed by atoms with Crippen LogP contribution in [0.1, 0.15) is 17.0 Å². The maximum atomic E-state index is 5.90. The summed E-state index contributed by atoms with van der Waals surface area (Å²) >= 11 is 5.90. The molecule has 3 aromatic rings. The van der Waals surface area contributed by atoms with Crippen LogP contribution in [-0.4, -0.2) is 17.2 Å². The van der Waals surface area contributed by atoms with Gasteiger partial charge in [-0.25, -0.2) is 0 Å². The lowest BCUT2D eigenvalue weighted by Crippen LogP contribution is -3.06. The SMILES string of the molecule is Cc1ccccc1C[NH+](C)Cc1nc(-c2ccc(Cl)cc2)no1. The van der Waals surface area contributed by atoms with E-state index in [2.05, 4.69) is 48.4 Å². The van der Waals surface area contributed by atoms with Gasteiger partial charge in [-0.3, -0.25) is 0 Å². The summed E-state index contributed by atoms with van der Waals surface area (Å²) in [5, 5.41) is 4.75. The summed E-state index contributed by atoms with van der Waals surface area (Å²) in [4.78, 5) is 5.77. The second-order valence-electron chi connectivity index (χ2n) is 5.76. The molecule has 0 aliphatic rings. The van der Waals surface area contributed by atoms with E-state index >= 15 is 0 Å². The van der Waals surface area contributed by atoms with Crippen molar-refractivity contribution in [2.24, 2.45) is 0 Å². The zero-order valence-corrected chi connectivity index (χ0v) is 14.0. The van der Waals surface area contributed by atoms with Crippen LogP contribution in [-0.2, 0) is 13.1 Å². The van der Waals surface area contributed by atoms with Gasteiger partial charge >= 0.3 is 0 Å². The number of aromatic nitrogens is 2. The van der Waals surface area contributed by atoms with Gasteiger partial charge in [0.25, 0.3) is 5.89 Å². The lowest BCUT2D eigenvalue weighted by atomic mass is 10.1. The van der Waals surface area contributed by atoms with E-state index in [0.717, 1.165) is 12.1 Å². The van der Waals surface area contributed by atoms with Gasteiger partial charge in [0.15, 0.2) is 6.54 Å². The van der Waals surface area contributed by atoms with Crippen molar-refractivity contribution in [1.29, 1.82) is 0 Å². The number of rotatable bonds is 5. The van der Waals surface area contributed by atoms with Crippen molar-refractivity contribution in [3.8, 4) is 11.4 Å². The number of nitrogens with one attached hydrogen (secondary N) is 1. The molecule has 1 unspecified atom stereocenters. The second kappa shape index (κ2) is 6.94. The molecular formula is C18H19ClN3O+. The molecule has 118 valence electrons. The molecule has 0 fully saturated rings. The standard InChI is InChI=1S/C18H18ClN3O/c1-13-5-3-4-6-15(13)11-22(2)12-17-20-18(21-23-17)14-7-9-16(19)10-8-14/h3-10H,11-12H2,1-2H3/p+1. The summed E-state index contributed by atoms with van der Waals surface area (Å²) in [5.74, 6) is 1.24. The van der Waals surface area contributed by atoms with Gasteiger partial charge in [-0.05, 0) is 36.8 Å². The average molecular weight is 329 g/mol. The van der Waals surface area contributed by atoms with Crippen LogP contribution in [0.4, 0.5) is 0 Å². The zero-order valence-electron chi connectivity index (χ0n) is 13.2. The Balaban J connectivity index is 1.67. The van der Waals surface area contributed by atoms with Crippen molar-refractivity contribution < 1.29 is 9.42 Å². The summed E-state index contributed by atoms with van der Waals surface area (Å²) in [6.45, 7) is 3.74. The molecular weight excluding hydrogens is 310 g/mol. The molecule has 0 amide bonds. The highest BCUT2D eigenvalue weighted by Crippen LogP contribution is 2.18. The Morgan fingerprint density at radius 2 is 1.78 bits per heavy atom. The summed E-state index contributed by atoms with van der Waals surface area (Å²) in [6, 6.07) is 15.8. The van der Waals surface area contributed by atoms with Gasteiger partial charge in [0.05, 0.1) is 7.05 Å². The van der Waals surface area contributed by atoms with Crippen LogP contribution in [0.3, 0.4) is 0 Å². The van der Waals surface area contributed by atoms with E-state index in [1.165, 1.54) is 16.0 Å². The summed E-state index contributed by atoms with van der Waals surface area (Å²) in [6.07, 6.45) is 0. The minimum absolute atomic E-state index is 0.598. The molecule has 23 heavy (non-hydrogen) atoms. The van der Waals surface area contributed by atoms with Crippen LogP contribution in [0.2, 0.25) is 5.02 Å². The monoisotopic (exact) mass is 328 g/mol. The third-order valence-corrected chi connectivity index (χ3v) is 4.03. The fourth-order valence-electron chi connectivity index (χ4n) is 2.50. The van der Waals surface area contributed by atoms with E-state index in [1.54, 1.807) is 0 Å². The summed E-state index contributed by atoms with van der Waals surface area (Å²) in [5.41, 5.74) is 3.54. The molecule has 5 heteroatoms. The van der Waals surface area contributed by atoms with Crippen LogP contribution in [0.15, 0.2) is 53.1 Å². The first-order valence-electron chi connectivity index (χ1n) is 7.56. The largest absolute Gasteiger partial charge is 0.333 e. The van der Waals surface area contributed by atoms with Gasteiger partial charge in [-0.1, -0.05) is 41.0 Å². The molecule has 1 heterocycles. The Labute approximate surface area is 140 Å². The molecule has 0 aliphatic heterocycles. The predicted molar refractivity (Wildman–Crippen MR) is 90.2 cm³/mol. The van der Waals surface area contributed by atoms with Crippen molar-refractivity contribution >= 4 is 11.6 Å². The number of nitrogens with zero attached hydrogens (tertiary/aromatic N) is 2. The van der Waals surface area contributed by atoms with Crippen LogP contribution >= 0.6 is 11.6 Å². The Bertz CT molecular complexity index is 783. The molecule has 0 saturated carbocycles. The molecule has 1 aromatic heterocycles. The lowest BCUT2D eigenvalue weighted by molar-refractivity contribution is -0.909. The number of hydrogen-bond acceptors (Lipinski definition) is 3. The highest BCUT2D eigenvalue weighted by molar-refractivity contribution is 6.30. The number of aryl methyl sites for hydroxylation is 1. The van der Waals surface area contributed by atoms with Gasteiger partial charge in [-0.2, -0.15) is 4.98 Å². The smallest absolute Gasteiger partial charge is 0.282 e. The second-order valence-corrected chi connectivity index (χ2v) is 6.19. The third kappa shape index (κ3) is 3.97. The first-order chi connectivity index (χ1) is 11.1. The number of halogens is 1. The molecule has 0 aliphatic carbocycles. The van der Waals surface area contributed by atoms with Crippen molar-refractivity contribution in [2.75, 3.05) is 7.05 Å².